The maximum absolute atomic E-state index is 11.4. The highest BCUT2D eigenvalue weighted by Crippen LogP contribution is 2.15. The average molecular weight is 181 g/mol. The van der Waals surface area contributed by atoms with Crippen LogP contribution in [0.2, 0.25) is 0 Å². The lowest BCUT2D eigenvalue weighted by atomic mass is 10.2. The molecule has 0 heterocycles. The highest BCUT2D eigenvalue weighted by molar-refractivity contribution is 5.27. The maximum Gasteiger partial charge on any atom is 0.119 e. The first kappa shape index (κ1) is 10.0. The van der Waals surface area contributed by atoms with Crippen molar-refractivity contribution in [3.8, 4) is 5.75 Å². The van der Waals surface area contributed by atoms with Crippen molar-refractivity contribution in [2.24, 2.45) is 0 Å². The topological polar surface area (TPSA) is 32.3 Å². The number of hydrogen-bond acceptors (Lipinski definition) is 2. The Bertz CT molecular complexity index is 278. The number of quaternary nitrogens is 1. The Balaban J connectivity index is 2.78. The SMILES string of the molecule is COc1cccc(C[N+](C)(C)[O-])c1. The van der Waals surface area contributed by atoms with E-state index >= 15 is 0 Å². The highest BCUT2D eigenvalue weighted by Gasteiger charge is 2.04. The largest absolute Gasteiger partial charge is 0.633 e. The molecule has 1 rings (SSSR count). The normalized spacial score (nSPS) is 11.4. The Kier molecular flexibility index (Phi) is 2.90. The molecule has 1 aromatic rings. The Morgan fingerprint density at radius 1 is 1.38 bits per heavy atom. The lowest BCUT2D eigenvalue weighted by molar-refractivity contribution is -0.853. The molecule has 0 aromatic heterocycles. The molecule has 3 heteroatoms. The third-order valence-electron chi connectivity index (χ3n) is 1.70. The summed E-state index contributed by atoms with van der Waals surface area (Å²) >= 11 is 0. The fourth-order valence-electron chi connectivity index (χ4n) is 1.21. The molecule has 0 aliphatic rings. The van der Waals surface area contributed by atoms with Crippen LogP contribution in [-0.4, -0.2) is 25.9 Å². The Morgan fingerprint density at radius 3 is 2.62 bits per heavy atom. The van der Waals surface area contributed by atoms with Crippen LogP contribution in [0, 0.1) is 5.21 Å². The number of ether oxygens (including phenoxy) is 1. The third kappa shape index (κ3) is 3.44. The molecule has 0 amide bonds. The monoisotopic (exact) mass is 181 g/mol. The fourth-order valence-corrected chi connectivity index (χ4v) is 1.21. The van der Waals surface area contributed by atoms with Crippen LogP contribution in [0.5, 0.6) is 5.75 Å². The first-order chi connectivity index (χ1) is 6.01. The summed E-state index contributed by atoms with van der Waals surface area (Å²) in [6, 6.07) is 7.58. The van der Waals surface area contributed by atoms with Gasteiger partial charge >= 0.3 is 0 Å². The van der Waals surface area contributed by atoms with E-state index in [1.807, 2.05) is 24.3 Å². The van der Waals surface area contributed by atoms with Crippen LogP contribution in [0.1, 0.15) is 5.56 Å². The van der Waals surface area contributed by atoms with E-state index < -0.39 is 0 Å². The van der Waals surface area contributed by atoms with Gasteiger partial charge in [0, 0.05) is 5.56 Å². The molecule has 0 radical (unpaired) electrons. The van der Waals surface area contributed by atoms with Gasteiger partial charge in [-0.05, 0) is 12.1 Å². The van der Waals surface area contributed by atoms with Crippen molar-refractivity contribution in [2.45, 2.75) is 6.54 Å². The minimum atomic E-state index is -0.312. The van der Waals surface area contributed by atoms with Crippen molar-refractivity contribution in [2.75, 3.05) is 21.2 Å². The fraction of sp³-hybridized carbons (Fsp3) is 0.400. The van der Waals surface area contributed by atoms with Gasteiger partial charge in [0.25, 0.3) is 0 Å². The van der Waals surface area contributed by atoms with Gasteiger partial charge in [-0.15, -0.1) is 0 Å². The second-order valence-corrected chi connectivity index (χ2v) is 3.58. The maximum atomic E-state index is 11.4. The summed E-state index contributed by atoms with van der Waals surface area (Å²) in [6.45, 7) is 0.469. The minimum absolute atomic E-state index is 0.312. The van der Waals surface area contributed by atoms with E-state index in [1.54, 1.807) is 21.2 Å². The second-order valence-electron chi connectivity index (χ2n) is 3.58. The third-order valence-corrected chi connectivity index (χ3v) is 1.70. The zero-order chi connectivity index (χ0) is 9.90. The standard InChI is InChI=1S/C10H15NO2/c1-11(2,12)8-9-5-4-6-10(7-9)13-3/h4-7H,8H2,1-3H3. The molecule has 72 valence electrons. The van der Waals surface area contributed by atoms with Crippen molar-refractivity contribution in [3.05, 3.63) is 35.0 Å². The van der Waals surface area contributed by atoms with Gasteiger partial charge in [0.05, 0.1) is 21.2 Å². The molecule has 1 aromatic carbocycles. The Hall–Kier alpha value is -1.06. The van der Waals surface area contributed by atoms with E-state index in [0.717, 1.165) is 11.3 Å². The van der Waals surface area contributed by atoms with Crippen LogP contribution in [0.4, 0.5) is 0 Å². The van der Waals surface area contributed by atoms with Crippen LogP contribution in [-0.2, 0) is 6.54 Å². The quantitative estimate of drug-likeness (QED) is 0.526. The molecule has 0 unspecified atom stereocenters. The van der Waals surface area contributed by atoms with Crippen molar-refractivity contribution in [1.82, 2.24) is 0 Å². The van der Waals surface area contributed by atoms with E-state index in [1.165, 1.54) is 0 Å². The first-order valence-corrected chi connectivity index (χ1v) is 4.18. The summed E-state index contributed by atoms with van der Waals surface area (Å²) < 4.78 is 4.75. The van der Waals surface area contributed by atoms with Gasteiger partial charge in [-0.1, -0.05) is 12.1 Å². The van der Waals surface area contributed by atoms with Gasteiger partial charge in [0.2, 0.25) is 0 Å². The van der Waals surface area contributed by atoms with Crippen molar-refractivity contribution in [3.63, 3.8) is 0 Å². The summed E-state index contributed by atoms with van der Waals surface area (Å²) in [5.41, 5.74) is 0.999. The number of hydroxylamine groups is 3. The molecule has 0 spiro atoms. The first-order valence-electron chi connectivity index (χ1n) is 4.18. The molecule has 0 bridgehead atoms. The van der Waals surface area contributed by atoms with Crippen LogP contribution < -0.4 is 4.74 Å². The lowest BCUT2D eigenvalue weighted by Crippen LogP contribution is -2.30. The van der Waals surface area contributed by atoms with E-state index in [-0.39, 0.29) is 4.65 Å². The summed E-state index contributed by atoms with van der Waals surface area (Å²) in [6.07, 6.45) is 0. The molecule has 3 nitrogen and oxygen atoms in total. The summed E-state index contributed by atoms with van der Waals surface area (Å²) in [5.74, 6) is 0.797. The molecule has 0 N–H and O–H groups in total. The summed E-state index contributed by atoms with van der Waals surface area (Å²) in [5, 5.41) is 11.4. The second kappa shape index (κ2) is 3.77. The highest BCUT2D eigenvalue weighted by atomic mass is 16.5. The number of benzene rings is 1. The number of hydrogen-bond donors (Lipinski definition) is 0. The van der Waals surface area contributed by atoms with Gasteiger partial charge < -0.3 is 14.6 Å². The average Bonchev–Trinajstić information content (AvgIpc) is 2.01. The lowest BCUT2D eigenvalue weighted by Gasteiger charge is -2.33. The van der Waals surface area contributed by atoms with Crippen LogP contribution in [0.25, 0.3) is 0 Å². The van der Waals surface area contributed by atoms with Gasteiger partial charge in [-0.25, -0.2) is 0 Å². The summed E-state index contributed by atoms with van der Waals surface area (Å²) in [4.78, 5) is 0. The minimum Gasteiger partial charge on any atom is -0.633 e. The Labute approximate surface area is 78.7 Å². The number of methoxy groups -OCH3 is 1. The Morgan fingerprint density at radius 2 is 2.08 bits per heavy atom. The van der Waals surface area contributed by atoms with Crippen molar-refractivity contribution < 1.29 is 9.38 Å². The van der Waals surface area contributed by atoms with Gasteiger partial charge in [-0.3, -0.25) is 0 Å². The molecular formula is C10H15NO2. The molecule has 0 saturated carbocycles. The van der Waals surface area contributed by atoms with E-state index in [9.17, 15) is 5.21 Å². The van der Waals surface area contributed by atoms with Crippen molar-refractivity contribution in [1.29, 1.82) is 0 Å². The zero-order valence-electron chi connectivity index (χ0n) is 8.28. The van der Waals surface area contributed by atoms with Crippen LogP contribution >= 0.6 is 0 Å². The predicted molar refractivity (Wildman–Crippen MR) is 52.2 cm³/mol. The molecule has 0 fully saturated rings. The molecule has 13 heavy (non-hydrogen) atoms. The predicted octanol–water partition coefficient (Wildman–Crippen LogP) is 1.77. The van der Waals surface area contributed by atoms with Gasteiger partial charge in [-0.2, -0.15) is 0 Å². The van der Waals surface area contributed by atoms with Crippen molar-refractivity contribution >= 4 is 0 Å². The molecule has 0 aliphatic carbocycles. The molecular weight excluding hydrogens is 166 g/mol. The molecule has 0 saturated heterocycles. The van der Waals surface area contributed by atoms with E-state index in [4.69, 9.17) is 4.74 Å². The van der Waals surface area contributed by atoms with Gasteiger partial charge in [0.1, 0.15) is 12.3 Å². The zero-order valence-corrected chi connectivity index (χ0v) is 8.28. The number of rotatable bonds is 3. The van der Waals surface area contributed by atoms with Crippen LogP contribution in [0.15, 0.2) is 24.3 Å². The smallest absolute Gasteiger partial charge is 0.119 e. The van der Waals surface area contributed by atoms with Gasteiger partial charge in [0.15, 0.2) is 0 Å². The van der Waals surface area contributed by atoms with E-state index in [2.05, 4.69) is 0 Å². The molecule has 0 aliphatic heterocycles. The van der Waals surface area contributed by atoms with E-state index in [0.29, 0.717) is 6.54 Å². The summed E-state index contributed by atoms with van der Waals surface area (Å²) in [7, 11) is 4.87. The number of nitrogens with zero attached hydrogens (tertiary/aromatic N) is 1. The molecule has 0 atom stereocenters. The van der Waals surface area contributed by atoms with Crippen LogP contribution in [0.3, 0.4) is 0 Å².